The molecule has 3 rings (SSSR count). The van der Waals surface area contributed by atoms with Crippen LogP contribution in [0.4, 0.5) is 5.82 Å². The number of hydrogen-bond acceptors (Lipinski definition) is 3. The number of rotatable bonds is 6. The summed E-state index contributed by atoms with van der Waals surface area (Å²) in [7, 11) is 0. The molecule has 2 aromatic rings. The molecule has 0 unspecified atom stereocenters. The van der Waals surface area contributed by atoms with Crippen molar-refractivity contribution in [3.8, 4) is 5.69 Å². The highest BCUT2D eigenvalue weighted by Crippen LogP contribution is 2.28. The van der Waals surface area contributed by atoms with Gasteiger partial charge in [-0.25, -0.2) is 4.68 Å². The molecule has 0 radical (unpaired) electrons. The molecule has 5 nitrogen and oxygen atoms in total. The van der Waals surface area contributed by atoms with Gasteiger partial charge in [0.1, 0.15) is 12.4 Å². The molecule has 0 saturated heterocycles. The van der Waals surface area contributed by atoms with Crippen molar-refractivity contribution in [2.24, 2.45) is 5.92 Å². The molecule has 0 atom stereocenters. The van der Waals surface area contributed by atoms with Crippen LogP contribution in [0.5, 0.6) is 0 Å². The molecular weight excluding hydrogens is 266 g/mol. The first-order valence-electron chi connectivity index (χ1n) is 7.21. The number of hydrogen-bond donors (Lipinski definition) is 1. The van der Waals surface area contributed by atoms with E-state index in [1.54, 1.807) is 16.9 Å². The third kappa shape index (κ3) is 3.49. The highest BCUT2D eigenvalue weighted by atomic mass is 16.5. The number of ether oxygens (including phenoxy) is 1. The van der Waals surface area contributed by atoms with Gasteiger partial charge in [-0.2, -0.15) is 5.10 Å². The molecule has 0 aliphatic heterocycles. The van der Waals surface area contributed by atoms with Gasteiger partial charge in [-0.05, 0) is 37.3 Å². The zero-order chi connectivity index (χ0) is 14.7. The minimum atomic E-state index is -0.147. The van der Waals surface area contributed by atoms with Crippen molar-refractivity contribution < 1.29 is 9.53 Å². The van der Waals surface area contributed by atoms with E-state index in [-0.39, 0.29) is 12.5 Å². The fraction of sp³-hybridized carbons (Fsp3) is 0.375. The molecule has 1 amide bonds. The number of aryl methyl sites for hydroxylation is 1. The molecular formula is C16H19N3O2. The number of aromatic nitrogens is 2. The summed E-state index contributed by atoms with van der Waals surface area (Å²) in [5, 5.41) is 7.13. The van der Waals surface area contributed by atoms with Crippen LogP contribution in [0.1, 0.15) is 18.4 Å². The molecule has 1 aromatic heterocycles. The maximum atomic E-state index is 11.9. The van der Waals surface area contributed by atoms with E-state index in [9.17, 15) is 4.79 Å². The second kappa shape index (κ2) is 6.10. The zero-order valence-corrected chi connectivity index (χ0v) is 12.1. The van der Waals surface area contributed by atoms with Crippen LogP contribution in [0, 0.1) is 12.8 Å². The lowest BCUT2D eigenvalue weighted by Gasteiger charge is -2.11. The molecule has 1 N–H and O–H groups in total. The van der Waals surface area contributed by atoms with Crippen LogP contribution in [0.3, 0.4) is 0 Å². The van der Waals surface area contributed by atoms with E-state index in [0.29, 0.717) is 18.3 Å². The topological polar surface area (TPSA) is 56.2 Å². The van der Waals surface area contributed by atoms with Gasteiger partial charge in [0.15, 0.2) is 0 Å². The van der Waals surface area contributed by atoms with Crippen LogP contribution >= 0.6 is 0 Å². The van der Waals surface area contributed by atoms with Crippen LogP contribution < -0.4 is 5.32 Å². The Balaban J connectivity index is 1.64. The number of para-hydroxylation sites is 1. The fourth-order valence-electron chi connectivity index (χ4n) is 2.17. The van der Waals surface area contributed by atoms with Crippen LogP contribution in [-0.4, -0.2) is 28.9 Å². The minimum absolute atomic E-state index is 0.0927. The molecule has 0 bridgehead atoms. The summed E-state index contributed by atoms with van der Waals surface area (Å²) in [5.41, 5.74) is 2.05. The first-order valence-corrected chi connectivity index (χ1v) is 7.21. The summed E-state index contributed by atoms with van der Waals surface area (Å²) in [6, 6.07) is 9.70. The van der Waals surface area contributed by atoms with Crippen molar-refractivity contribution in [1.82, 2.24) is 9.78 Å². The largest absolute Gasteiger partial charge is 0.371 e. The third-order valence-corrected chi connectivity index (χ3v) is 3.54. The highest BCUT2D eigenvalue weighted by Gasteiger charge is 2.21. The van der Waals surface area contributed by atoms with Gasteiger partial charge in [-0.15, -0.1) is 0 Å². The average molecular weight is 285 g/mol. The molecule has 5 heteroatoms. The van der Waals surface area contributed by atoms with E-state index in [1.165, 1.54) is 12.8 Å². The molecule has 1 aliphatic carbocycles. The highest BCUT2D eigenvalue weighted by molar-refractivity contribution is 5.91. The van der Waals surface area contributed by atoms with Crippen molar-refractivity contribution in [3.05, 3.63) is 42.1 Å². The minimum Gasteiger partial charge on any atom is -0.371 e. The van der Waals surface area contributed by atoms with E-state index in [0.717, 1.165) is 11.3 Å². The van der Waals surface area contributed by atoms with E-state index < -0.39 is 0 Å². The second-order valence-electron chi connectivity index (χ2n) is 5.42. The van der Waals surface area contributed by atoms with E-state index in [4.69, 9.17) is 4.74 Å². The van der Waals surface area contributed by atoms with E-state index in [1.807, 2.05) is 31.2 Å². The molecule has 110 valence electrons. The first-order chi connectivity index (χ1) is 10.2. The van der Waals surface area contributed by atoms with Crippen LogP contribution in [0.2, 0.25) is 0 Å². The van der Waals surface area contributed by atoms with Gasteiger partial charge in [0.05, 0.1) is 18.5 Å². The number of anilines is 1. The second-order valence-corrected chi connectivity index (χ2v) is 5.42. The lowest BCUT2D eigenvalue weighted by molar-refractivity contribution is -0.120. The molecule has 21 heavy (non-hydrogen) atoms. The Labute approximate surface area is 123 Å². The number of nitrogens with one attached hydrogen (secondary N) is 1. The molecule has 1 heterocycles. The van der Waals surface area contributed by atoms with Crippen LogP contribution in [0.15, 0.2) is 36.5 Å². The molecule has 1 saturated carbocycles. The predicted molar refractivity (Wildman–Crippen MR) is 80.5 cm³/mol. The van der Waals surface area contributed by atoms with Gasteiger partial charge in [0.2, 0.25) is 0 Å². The SMILES string of the molecule is Cc1ccccc1-n1nccc1NC(=O)COCC1CC1. The van der Waals surface area contributed by atoms with Crippen molar-refractivity contribution in [1.29, 1.82) is 0 Å². The summed E-state index contributed by atoms with van der Waals surface area (Å²) >= 11 is 0. The quantitative estimate of drug-likeness (QED) is 0.887. The standard InChI is InChI=1S/C16H19N3O2/c1-12-4-2-3-5-14(12)19-15(8-9-17-19)18-16(20)11-21-10-13-6-7-13/h2-5,8-9,13H,6-7,10-11H2,1H3,(H,18,20). The lowest BCUT2D eigenvalue weighted by atomic mass is 10.2. The van der Waals surface area contributed by atoms with Gasteiger partial charge in [-0.1, -0.05) is 18.2 Å². The summed E-state index contributed by atoms with van der Waals surface area (Å²) in [4.78, 5) is 11.9. The monoisotopic (exact) mass is 285 g/mol. The number of nitrogens with zero attached hydrogens (tertiary/aromatic N) is 2. The van der Waals surface area contributed by atoms with Crippen molar-refractivity contribution in [3.63, 3.8) is 0 Å². The van der Waals surface area contributed by atoms with Crippen molar-refractivity contribution >= 4 is 11.7 Å². The lowest BCUT2D eigenvalue weighted by Crippen LogP contribution is -2.21. The van der Waals surface area contributed by atoms with E-state index >= 15 is 0 Å². The van der Waals surface area contributed by atoms with Gasteiger partial charge in [-0.3, -0.25) is 4.79 Å². The summed E-state index contributed by atoms with van der Waals surface area (Å²) in [6.45, 7) is 2.79. The zero-order valence-electron chi connectivity index (χ0n) is 12.1. The Bertz CT molecular complexity index is 632. The Morgan fingerprint density at radius 3 is 2.95 bits per heavy atom. The molecule has 1 aromatic carbocycles. The Kier molecular flexibility index (Phi) is 4.01. The normalized spacial score (nSPS) is 14.1. The van der Waals surface area contributed by atoms with Gasteiger partial charge < -0.3 is 10.1 Å². The number of amides is 1. The molecule has 0 spiro atoms. The van der Waals surface area contributed by atoms with Crippen molar-refractivity contribution in [2.45, 2.75) is 19.8 Å². The van der Waals surface area contributed by atoms with Crippen molar-refractivity contribution in [2.75, 3.05) is 18.5 Å². The number of carbonyl (C=O) groups is 1. The van der Waals surface area contributed by atoms with Gasteiger partial charge in [0, 0.05) is 6.07 Å². The maximum Gasteiger partial charge on any atom is 0.251 e. The van der Waals surface area contributed by atoms with E-state index in [2.05, 4.69) is 10.4 Å². The fourth-order valence-corrected chi connectivity index (χ4v) is 2.17. The van der Waals surface area contributed by atoms with Gasteiger partial charge in [0.25, 0.3) is 5.91 Å². The average Bonchev–Trinajstić information content (AvgIpc) is 3.18. The Morgan fingerprint density at radius 2 is 2.19 bits per heavy atom. The Hall–Kier alpha value is -2.14. The molecule has 1 fully saturated rings. The maximum absolute atomic E-state index is 11.9. The smallest absolute Gasteiger partial charge is 0.251 e. The summed E-state index contributed by atoms with van der Waals surface area (Å²) in [5.74, 6) is 1.17. The third-order valence-electron chi connectivity index (χ3n) is 3.54. The predicted octanol–water partition coefficient (Wildman–Crippen LogP) is 2.55. The summed E-state index contributed by atoms with van der Waals surface area (Å²) in [6.07, 6.45) is 4.12. The van der Waals surface area contributed by atoms with Crippen LogP contribution in [0.25, 0.3) is 5.69 Å². The number of carbonyl (C=O) groups excluding carboxylic acids is 1. The van der Waals surface area contributed by atoms with Crippen LogP contribution in [-0.2, 0) is 9.53 Å². The van der Waals surface area contributed by atoms with Gasteiger partial charge >= 0.3 is 0 Å². The number of benzene rings is 1. The summed E-state index contributed by atoms with van der Waals surface area (Å²) < 4.78 is 7.13. The molecule has 1 aliphatic rings. The first kappa shape index (κ1) is 13.8. The Morgan fingerprint density at radius 1 is 1.38 bits per heavy atom.